The number of fused-ring (bicyclic) bond motifs is 1. The second-order valence-electron chi connectivity index (χ2n) is 5.98. The first-order chi connectivity index (χ1) is 8.11. The predicted octanol–water partition coefficient (Wildman–Crippen LogP) is 3.46. The van der Waals surface area contributed by atoms with Crippen molar-refractivity contribution in [1.82, 2.24) is 9.27 Å². The zero-order valence-electron chi connectivity index (χ0n) is 11.7. The molecule has 1 aromatic heterocycles. The van der Waals surface area contributed by atoms with Crippen molar-refractivity contribution in [1.29, 1.82) is 0 Å². The maximum atomic E-state index is 15.3. The van der Waals surface area contributed by atoms with E-state index in [0.717, 1.165) is 10.6 Å². The van der Waals surface area contributed by atoms with Crippen molar-refractivity contribution >= 4 is 83.1 Å². The van der Waals surface area contributed by atoms with E-state index in [1.165, 1.54) is 17.1 Å². The van der Waals surface area contributed by atoms with Crippen LogP contribution in [0.5, 0.6) is 0 Å². The van der Waals surface area contributed by atoms with Gasteiger partial charge in [-0.15, -0.1) is 0 Å². The summed E-state index contributed by atoms with van der Waals surface area (Å²) in [7, 11) is 0. The van der Waals surface area contributed by atoms with Gasteiger partial charge in [-0.3, -0.25) is 0 Å². The van der Waals surface area contributed by atoms with Crippen LogP contribution < -0.4 is 0 Å². The molecule has 0 aliphatic carbocycles. The summed E-state index contributed by atoms with van der Waals surface area (Å²) in [6, 6.07) is 0.194. The van der Waals surface area contributed by atoms with Gasteiger partial charge in [-0.2, -0.15) is 0 Å². The third-order valence-corrected chi connectivity index (χ3v) is 10.6. The summed E-state index contributed by atoms with van der Waals surface area (Å²) in [4.78, 5) is 2.84. The number of halogens is 2. The van der Waals surface area contributed by atoms with Crippen LogP contribution in [0.15, 0.2) is 0 Å². The van der Waals surface area contributed by atoms with Crippen LogP contribution in [-0.2, 0) is 5.30 Å². The molecule has 2 rings (SSSR count). The van der Waals surface area contributed by atoms with Crippen LogP contribution in [0.25, 0.3) is 0 Å². The number of hydrogen-bond donors (Lipinski definition) is 0. The van der Waals surface area contributed by atoms with Crippen molar-refractivity contribution in [3.05, 3.63) is 16.1 Å². The van der Waals surface area contributed by atoms with Gasteiger partial charge in [0.2, 0.25) is 0 Å². The molecule has 0 amide bonds. The van der Waals surface area contributed by atoms with Crippen LogP contribution >= 0.6 is 34.1 Å². The van der Waals surface area contributed by atoms with Crippen LogP contribution in [0.1, 0.15) is 43.8 Å². The van der Waals surface area contributed by atoms with Gasteiger partial charge in [0.05, 0.1) is 0 Å². The van der Waals surface area contributed by atoms with Gasteiger partial charge < -0.3 is 0 Å². The summed E-state index contributed by atoms with van der Waals surface area (Å²) in [5.74, 6) is -1.39. The van der Waals surface area contributed by atoms with E-state index in [1.54, 1.807) is 6.92 Å². The van der Waals surface area contributed by atoms with Gasteiger partial charge in [0.25, 0.3) is 0 Å². The maximum absolute atomic E-state index is 15.3. The summed E-state index contributed by atoms with van der Waals surface area (Å²) < 4.78 is 20.0. The molecule has 0 aromatic carbocycles. The van der Waals surface area contributed by atoms with Crippen LogP contribution in [0.2, 0.25) is 0 Å². The van der Waals surface area contributed by atoms with Crippen LogP contribution in [0.4, 0.5) is 4.39 Å². The number of nitrogens with zero attached hydrogens (tertiary/aromatic N) is 2. The van der Waals surface area contributed by atoms with Gasteiger partial charge >= 0.3 is 163 Å². The number of aromatic nitrogens is 1. The Morgan fingerprint density at radius 1 is 1.50 bits per heavy atom. The van der Waals surface area contributed by atoms with Crippen LogP contribution in [-0.4, -0.2) is 68.3 Å². The second-order valence-corrected chi connectivity index (χ2v) is 11.2. The van der Waals surface area contributed by atoms with E-state index in [4.69, 9.17) is 0 Å². The Balaban J connectivity index is 2.70. The first kappa shape index (κ1) is 16.3. The van der Waals surface area contributed by atoms with Gasteiger partial charge in [-0.05, 0) is 0 Å². The molecule has 1 aromatic rings. The quantitative estimate of drug-likeness (QED) is 0.307. The number of aryl methyl sites for hydroxylation is 1. The van der Waals surface area contributed by atoms with Gasteiger partial charge in [0.1, 0.15) is 0 Å². The van der Waals surface area contributed by atoms with E-state index >= 15 is 4.39 Å². The van der Waals surface area contributed by atoms with Gasteiger partial charge in [0.15, 0.2) is 0 Å². The Morgan fingerprint density at radius 2 is 2.06 bits per heavy atom. The molecule has 0 fully saturated rings. The molecule has 6 heteroatoms. The zero-order valence-corrected chi connectivity index (χ0v) is 17.8. The van der Waals surface area contributed by atoms with Crippen molar-refractivity contribution < 1.29 is 4.39 Å². The molecule has 2 heterocycles. The minimum atomic E-state index is -1.39. The van der Waals surface area contributed by atoms with E-state index in [-0.39, 0.29) is 9.60 Å². The average molecular weight is 406 g/mol. The molecule has 3 unspecified atom stereocenters. The van der Waals surface area contributed by atoms with Crippen molar-refractivity contribution in [2.45, 2.75) is 50.0 Å². The van der Waals surface area contributed by atoms with Crippen LogP contribution in [0, 0.1) is 6.92 Å². The molecular weight excluding hydrogens is 389 g/mol. The third-order valence-electron chi connectivity index (χ3n) is 3.80. The summed E-state index contributed by atoms with van der Waals surface area (Å²) in [6.07, 6.45) is 0. The van der Waals surface area contributed by atoms with Crippen molar-refractivity contribution in [2.75, 3.05) is 0 Å². The molecule has 2 nitrogen and oxygen atoms in total. The Bertz CT molecular complexity index is 473. The summed E-state index contributed by atoms with van der Waals surface area (Å²) >= 11 is 4.35. The number of alkyl halides is 2. The molecule has 0 bridgehead atoms. The summed E-state index contributed by atoms with van der Waals surface area (Å²) in [5.41, 5.74) is 2.22. The molecule has 18 heavy (non-hydrogen) atoms. The number of rotatable bonds is 1. The minimum absolute atomic E-state index is 0.107. The zero-order chi connectivity index (χ0) is 13.9. The van der Waals surface area contributed by atoms with Crippen molar-refractivity contribution in [3.63, 3.8) is 0 Å². The molecule has 3 atom stereocenters. The van der Waals surface area contributed by atoms with Gasteiger partial charge in [-0.1, -0.05) is 0 Å². The Labute approximate surface area is 160 Å². The molecule has 1 aliphatic heterocycles. The van der Waals surface area contributed by atoms with Crippen molar-refractivity contribution in [3.8, 4) is 0 Å². The fraction of sp³-hybridized carbons (Fsp3) is 0.750. The summed E-state index contributed by atoms with van der Waals surface area (Å²) in [5, 5.41) is 0. The Morgan fingerprint density at radius 3 is 2.56 bits per heavy atom. The van der Waals surface area contributed by atoms with E-state index < -0.39 is 5.79 Å². The normalized spacial score (nSPS) is 37.1. The number of hydrogen-bond acceptors (Lipinski definition) is 3. The molecular formula is C12H17FIKN2S. The first-order valence-electron chi connectivity index (χ1n) is 6.20. The summed E-state index contributed by atoms with van der Waals surface area (Å²) in [6.45, 7) is 10.1. The van der Waals surface area contributed by atoms with E-state index in [0.29, 0.717) is 49.0 Å². The van der Waals surface area contributed by atoms with Gasteiger partial charge in [0, 0.05) is 0 Å². The van der Waals surface area contributed by atoms with E-state index in [2.05, 4.69) is 47.7 Å². The van der Waals surface area contributed by atoms with E-state index in [9.17, 15) is 0 Å². The SMILES string of the molecule is Cc1nsc2c1[C](C)([K])C(I)N(C(C)C)C2(C)F. The van der Waals surface area contributed by atoms with Crippen molar-refractivity contribution in [2.24, 2.45) is 0 Å². The van der Waals surface area contributed by atoms with E-state index in [1.807, 2.05) is 11.8 Å². The third kappa shape index (κ3) is 2.32. The molecule has 1 aliphatic rings. The van der Waals surface area contributed by atoms with Gasteiger partial charge in [-0.25, -0.2) is 0 Å². The molecule has 0 N–H and O–H groups in total. The molecule has 0 saturated heterocycles. The average Bonchev–Trinajstić information content (AvgIpc) is 2.58. The topological polar surface area (TPSA) is 16.1 Å². The molecule has 96 valence electrons. The fourth-order valence-corrected chi connectivity index (χ4v) is 7.23. The Hall–Kier alpha value is 1.89. The monoisotopic (exact) mass is 406 g/mol. The molecule has 0 radical (unpaired) electrons. The van der Waals surface area contributed by atoms with Crippen LogP contribution in [0.3, 0.4) is 0 Å². The Kier molecular flexibility index (Phi) is 4.75. The molecule has 0 saturated carbocycles. The molecule has 0 spiro atoms. The standard InChI is InChI=1S/C12H17FIN2S.K/c1-6(2)16-11(14)7(3)9-8(4)15-17-10(9)12(16,5)13;/h6,11H,1-5H3;. The first-order valence-corrected chi connectivity index (χ1v) is 9.78. The second kappa shape index (κ2) is 5.26. The predicted molar refractivity (Wildman–Crippen MR) is 83.2 cm³/mol. The fourth-order valence-electron chi connectivity index (χ4n) is 2.98.